The molecule has 0 fully saturated rings. The summed E-state index contributed by atoms with van der Waals surface area (Å²) in [6, 6.07) is 2.57. The smallest absolute Gasteiger partial charge is 0.304 e. The van der Waals surface area contributed by atoms with E-state index in [1.807, 2.05) is 0 Å². The van der Waals surface area contributed by atoms with Gasteiger partial charge in [0.25, 0.3) is 0 Å². The van der Waals surface area contributed by atoms with Crippen LogP contribution in [0, 0.1) is 13.8 Å². The van der Waals surface area contributed by atoms with Gasteiger partial charge >= 0.3 is 5.97 Å². The molecule has 96 valence electrons. The topological polar surface area (TPSA) is 40.5 Å². The Morgan fingerprint density at radius 1 is 1.47 bits per heavy atom. The van der Waals surface area contributed by atoms with Crippen LogP contribution in [0.2, 0.25) is 0 Å². The van der Waals surface area contributed by atoms with Gasteiger partial charge in [0, 0.05) is 28.9 Å². The molecule has 1 aromatic heterocycles. The molecule has 0 spiro atoms. The highest BCUT2D eigenvalue weighted by Gasteiger charge is 2.14. The number of hydrogen-bond acceptors (Lipinski definition) is 3. The van der Waals surface area contributed by atoms with Crippen LogP contribution in [0.15, 0.2) is 6.07 Å². The molecule has 0 saturated carbocycles. The molecule has 0 aliphatic rings. The summed E-state index contributed by atoms with van der Waals surface area (Å²) in [7, 11) is 0. The Balaban J connectivity index is 2.66. The summed E-state index contributed by atoms with van der Waals surface area (Å²) in [5.41, 5.74) is 1.33. The number of hydrogen-bond donors (Lipinski definition) is 1. The maximum Gasteiger partial charge on any atom is 0.304 e. The maximum absolute atomic E-state index is 10.6. The standard InChI is InChI=1S/C13H21NO2S/c1-9(2)14(6-5-13(15)16)8-12-7-10(3)17-11(12)4/h7,9H,5-6,8H2,1-4H3,(H,15,16). The normalized spacial score (nSPS) is 11.4. The Hall–Kier alpha value is -0.870. The van der Waals surface area contributed by atoms with Crippen molar-refractivity contribution in [2.75, 3.05) is 6.54 Å². The van der Waals surface area contributed by atoms with Crippen molar-refractivity contribution in [3.8, 4) is 0 Å². The average molecular weight is 255 g/mol. The van der Waals surface area contributed by atoms with Crippen LogP contribution < -0.4 is 0 Å². The van der Waals surface area contributed by atoms with Gasteiger partial charge in [0.2, 0.25) is 0 Å². The lowest BCUT2D eigenvalue weighted by atomic mass is 10.2. The molecule has 0 aromatic carbocycles. The molecule has 1 heterocycles. The second-order valence-electron chi connectivity index (χ2n) is 4.65. The Morgan fingerprint density at radius 3 is 2.53 bits per heavy atom. The van der Waals surface area contributed by atoms with Gasteiger partial charge in [-0.3, -0.25) is 9.69 Å². The average Bonchev–Trinajstić information content (AvgIpc) is 2.51. The first-order valence-electron chi connectivity index (χ1n) is 5.92. The van der Waals surface area contributed by atoms with E-state index in [1.54, 1.807) is 11.3 Å². The van der Waals surface area contributed by atoms with E-state index in [9.17, 15) is 4.79 Å². The van der Waals surface area contributed by atoms with Crippen LogP contribution >= 0.6 is 11.3 Å². The largest absolute Gasteiger partial charge is 0.481 e. The van der Waals surface area contributed by atoms with E-state index in [2.05, 4.69) is 38.7 Å². The summed E-state index contributed by atoms with van der Waals surface area (Å²) in [6.45, 7) is 9.91. The molecule has 0 amide bonds. The molecule has 3 nitrogen and oxygen atoms in total. The summed E-state index contributed by atoms with van der Waals surface area (Å²) >= 11 is 1.80. The van der Waals surface area contributed by atoms with Crippen molar-refractivity contribution in [2.45, 2.75) is 46.7 Å². The van der Waals surface area contributed by atoms with Crippen molar-refractivity contribution in [3.63, 3.8) is 0 Å². The van der Waals surface area contributed by atoms with Gasteiger partial charge in [0.15, 0.2) is 0 Å². The molecular weight excluding hydrogens is 234 g/mol. The van der Waals surface area contributed by atoms with E-state index in [-0.39, 0.29) is 6.42 Å². The Morgan fingerprint density at radius 2 is 2.12 bits per heavy atom. The molecule has 0 bridgehead atoms. The highest BCUT2D eigenvalue weighted by atomic mass is 32.1. The summed E-state index contributed by atoms with van der Waals surface area (Å²) in [5, 5.41) is 8.74. The number of carboxylic acid groups (broad SMARTS) is 1. The zero-order valence-electron chi connectivity index (χ0n) is 11.0. The third-order valence-corrected chi connectivity index (χ3v) is 3.87. The van der Waals surface area contributed by atoms with Gasteiger partial charge in [-0.05, 0) is 39.3 Å². The lowest BCUT2D eigenvalue weighted by molar-refractivity contribution is -0.137. The summed E-state index contributed by atoms with van der Waals surface area (Å²) in [4.78, 5) is 15.5. The lowest BCUT2D eigenvalue weighted by Gasteiger charge is -2.25. The monoisotopic (exact) mass is 255 g/mol. The van der Waals surface area contributed by atoms with Gasteiger partial charge in [-0.25, -0.2) is 0 Å². The van der Waals surface area contributed by atoms with Crippen molar-refractivity contribution in [1.82, 2.24) is 4.90 Å². The zero-order valence-corrected chi connectivity index (χ0v) is 11.8. The highest BCUT2D eigenvalue weighted by Crippen LogP contribution is 2.22. The van der Waals surface area contributed by atoms with Gasteiger partial charge in [-0.2, -0.15) is 0 Å². The van der Waals surface area contributed by atoms with Gasteiger partial charge in [0.05, 0.1) is 6.42 Å². The highest BCUT2D eigenvalue weighted by molar-refractivity contribution is 7.12. The minimum absolute atomic E-state index is 0.209. The third-order valence-electron chi connectivity index (χ3n) is 2.86. The van der Waals surface area contributed by atoms with Crippen molar-refractivity contribution in [1.29, 1.82) is 0 Å². The fraction of sp³-hybridized carbons (Fsp3) is 0.615. The first kappa shape index (κ1) is 14.2. The van der Waals surface area contributed by atoms with Crippen molar-refractivity contribution in [3.05, 3.63) is 21.4 Å². The molecule has 1 aromatic rings. The predicted molar refractivity (Wildman–Crippen MR) is 71.6 cm³/mol. The zero-order chi connectivity index (χ0) is 13.0. The molecule has 1 rings (SSSR count). The molecular formula is C13H21NO2S. The van der Waals surface area contributed by atoms with Gasteiger partial charge < -0.3 is 5.11 Å². The molecule has 0 aliphatic heterocycles. The number of carbonyl (C=O) groups is 1. The van der Waals surface area contributed by atoms with Crippen LogP contribution in [0.4, 0.5) is 0 Å². The van der Waals surface area contributed by atoms with E-state index < -0.39 is 5.97 Å². The molecule has 4 heteroatoms. The number of aryl methyl sites for hydroxylation is 2. The van der Waals surface area contributed by atoms with E-state index in [4.69, 9.17) is 5.11 Å². The van der Waals surface area contributed by atoms with Crippen LogP contribution in [0.25, 0.3) is 0 Å². The van der Waals surface area contributed by atoms with Crippen molar-refractivity contribution >= 4 is 17.3 Å². The number of rotatable bonds is 6. The molecule has 0 atom stereocenters. The number of carboxylic acids is 1. The first-order chi connectivity index (χ1) is 7.90. The Labute approximate surface area is 107 Å². The number of nitrogens with zero attached hydrogens (tertiary/aromatic N) is 1. The number of thiophene rings is 1. The number of aliphatic carboxylic acids is 1. The molecule has 0 aliphatic carbocycles. The van der Waals surface area contributed by atoms with Gasteiger partial charge in [-0.15, -0.1) is 11.3 Å². The fourth-order valence-corrected chi connectivity index (χ4v) is 2.76. The first-order valence-corrected chi connectivity index (χ1v) is 6.73. The summed E-state index contributed by atoms with van der Waals surface area (Å²) in [5.74, 6) is -0.728. The van der Waals surface area contributed by atoms with Crippen molar-refractivity contribution in [2.24, 2.45) is 0 Å². The van der Waals surface area contributed by atoms with Gasteiger partial charge in [0.1, 0.15) is 0 Å². The quantitative estimate of drug-likeness (QED) is 0.849. The van der Waals surface area contributed by atoms with E-state index in [0.29, 0.717) is 12.6 Å². The molecule has 0 unspecified atom stereocenters. The fourth-order valence-electron chi connectivity index (χ4n) is 1.82. The Kier molecular flexibility index (Phi) is 5.15. The van der Waals surface area contributed by atoms with Gasteiger partial charge in [-0.1, -0.05) is 0 Å². The second-order valence-corrected chi connectivity index (χ2v) is 6.11. The molecule has 0 saturated heterocycles. The SMILES string of the molecule is Cc1cc(CN(CCC(=O)O)C(C)C)c(C)s1. The Bertz CT molecular complexity index is 385. The minimum Gasteiger partial charge on any atom is -0.481 e. The summed E-state index contributed by atoms with van der Waals surface area (Å²) < 4.78 is 0. The maximum atomic E-state index is 10.6. The van der Waals surface area contributed by atoms with E-state index in [1.165, 1.54) is 15.3 Å². The van der Waals surface area contributed by atoms with E-state index >= 15 is 0 Å². The minimum atomic E-state index is -0.728. The van der Waals surface area contributed by atoms with Crippen LogP contribution in [-0.2, 0) is 11.3 Å². The molecule has 0 radical (unpaired) electrons. The van der Waals surface area contributed by atoms with Crippen LogP contribution in [0.3, 0.4) is 0 Å². The third kappa shape index (κ3) is 4.48. The second kappa shape index (κ2) is 6.17. The molecule has 17 heavy (non-hydrogen) atoms. The summed E-state index contributed by atoms with van der Waals surface area (Å²) in [6.07, 6.45) is 0.209. The lowest BCUT2D eigenvalue weighted by Crippen LogP contribution is -2.32. The predicted octanol–water partition coefficient (Wildman–Crippen LogP) is 3.05. The van der Waals surface area contributed by atoms with Crippen LogP contribution in [-0.4, -0.2) is 28.6 Å². The van der Waals surface area contributed by atoms with Crippen LogP contribution in [0.1, 0.15) is 35.6 Å². The van der Waals surface area contributed by atoms with E-state index in [0.717, 1.165) is 6.54 Å². The van der Waals surface area contributed by atoms with Crippen molar-refractivity contribution < 1.29 is 9.90 Å². The molecule has 1 N–H and O–H groups in total. The van der Waals surface area contributed by atoms with Crippen LogP contribution in [0.5, 0.6) is 0 Å².